The van der Waals surface area contributed by atoms with Crippen molar-refractivity contribution in [2.45, 2.75) is 26.2 Å². The molecule has 2 N–H and O–H groups in total. The van der Waals surface area contributed by atoms with Crippen molar-refractivity contribution < 1.29 is 10.2 Å². The van der Waals surface area contributed by atoms with Gasteiger partial charge in [0.15, 0.2) is 0 Å². The van der Waals surface area contributed by atoms with Crippen LogP contribution in [0.2, 0.25) is 0 Å². The number of phenolic OH excluding ortho intramolecular Hbond substituents is 2. The van der Waals surface area contributed by atoms with Gasteiger partial charge in [-0.2, -0.15) is 0 Å². The largest absolute Gasteiger partial charge is 0.508 e. The summed E-state index contributed by atoms with van der Waals surface area (Å²) >= 11 is 0. The highest BCUT2D eigenvalue weighted by molar-refractivity contribution is 5.46. The molecule has 0 spiro atoms. The predicted molar refractivity (Wildman–Crippen MR) is 73.1 cm³/mol. The molecular weight excluding hydrogens is 224 g/mol. The Morgan fingerprint density at radius 3 is 2.22 bits per heavy atom. The van der Waals surface area contributed by atoms with E-state index >= 15 is 0 Å². The van der Waals surface area contributed by atoms with Gasteiger partial charge in [0.2, 0.25) is 0 Å². The minimum absolute atomic E-state index is 0.270. The first-order valence-corrected chi connectivity index (χ1v) is 6.17. The summed E-state index contributed by atoms with van der Waals surface area (Å²) in [5.41, 5.74) is 2.62. The van der Waals surface area contributed by atoms with E-state index in [2.05, 4.69) is 13.8 Å². The number of hydrogen-bond donors (Lipinski definition) is 2. The lowest BCUT2D eigenvalue weighted by molar-refractivity contribution is 0.456. The molecule has 18 heavy (non-hydrogen) atoms. The average molecular weight is 242 g/mol. The summed E-state index contributed by atoms with van der Waals surface area (Å²) in [5, 5.41) is 20.0. The van der Waals surface area contributed by atoms with Gasteiger partial charge in [-0.05, 0) is 28.7 Å². The van der Waals surface area contributed by atoms with E-state index in [0.717, 1.165) is 16.7 Å². The topological polar surface area (TPSA) is 40.5 Å². The van der Waals surface area contributed by atoms with Gasteiger partial charge in [0, 0.05) is 6.42 Å². The van der Waals surface area contributed by atoms with Crippen LogP contribution in [0.25, 0.3) is 0 Å². The lowest BCUT2D eigenvalue weighted by Gasteiger charge is -2.12. The number of hydrogen-bond acceptors (Lipinski definition) is 2. The second kappa shape index (κ2) is 5.13. The minimum Gasteiger partial charge on any atom is -0.508 e. The SMILES string of the molecule is CC(C)c1cccc(Cc2ccccc2O)c1O. The number of para-hydroxylation sites is 2. The van der Waals surface area contributed by atoms with Crippen molar-refractivity contribution in [3.8, 4) is 11.5 Å². The molecule has 0 radical (unpaired) electrons. The molecule has 2 aromatic carbocycles. The molecule has 2 nitrogen and oxygen atoms in total. The Hall–Kier alpha value is -1.96. The predicted octanol–water partition coefficient (Wildman–Crippen LogP) is 3.81. The van der Waals surface area contributed by atoms with Crippen molar-refractivity contribution in [1.82, 2.24) is 0 Å². The van der Waals surface area contributed by atoms with Crippen molar-refractivity contribution >= 4 is 0 Å². The highest BCUT2D eigenvalue weighted by Gasteiger charge is 2.11. The average Bonchev–Trinajstić information content (AvgIpc) is 2.34. The van der Waals surface area contributed by atoms with E-state index in [9.17, 15) is 10.2 Å². The normalized spacial score (nSPS) is 10.8. The van der Waals surface area contributed by atoms with Gasteiger partial charge >= 0.3 is 0 Å². The van der Waals surface area contributed by atoms with E-state index in [4.69, 9.17) is 0 Å². The maximum Gasteiger partial charge on any atom is 0.122 e. The van der Waals surface area contributed by atoms with Crippen LogP contribution in [0, 0.1) is 0 Å². The molecule has 0 aliphatic carbocycles. The highest BCUT2D eigenvalue weighted by atomic mass is 16.3. The first kappa shape index (κ1) is 12.5. The third kappa shape index (κ3) is 2.48. The smallest absolute Gasteiger partial charge is 0.122 e. The molecule has 0 unspecified atom stereocenters. The Balaban J connectivity index is 2.36. The zero-order chi connectivity index (χ0) is 13.1. The number of rotatable bonds is 3. The fraction of sp³-hybridized carbons (Fsp3) is 0.250. The molecule has 0 saturated heterocycles. The molecule has 0 heterocycles. The molecule has 0 bridgehead atoms. The summed E-state index contributed by atoms with van der Waals surface area (Å²) in [4.78, 5) is 0. The molecule has 94 valence electrons. The van der Waals surface area contributed by atoms with Crippen LogP contribution < -0.4 is 0 Å². The van der Waals surface area contributed by atoms with E-state index in [-0.39, 0.29) is 11.7 Å². The van der Waals surface area contributed by atoms with E-state index in [1.807, 2.05) is 30.3 Å². The molecule has 0 aliphatic rings. The van der Waals surface area contributed by atoms with Crippen LogP contribution in [0.3, 0.4) is 0 Å². The Morgan fingerprint density at radius 1 is 0.889 bits per heavy atom. The second-order valence-electron chi connectivity index (χ2n) is 4.82. The molecule has 0 aromatic heterocycles. The zero-order valence-corrected chi connectivity index (χ0v) is 10.7. The lowest BCUT2D eigenvalue weighted by Crippen LogP contribution is -1.94. The maximum atomic E-state index is 10.2. The van der Waals surface area contributed by atoms with Crippen LogP contribution in [-0.4, -0.2) is 10.2 Å². The van der Waals surface area contributed by atoms with E-state index in [0.29, 0.717) is 12.2 Å². The molecule has 0 saturated carbocycles. The van der Waals surface area contributed by atoms with Crippen LogP contribution in [0.5, 0.6) is 11.5 Å². The van der Waals surface area contributed by atoms with Crippen LogP contribution in [-0.2, 0) is 6.42 Å². The van der Waals surface area contributed by atoms with Crippen molar-refractivity contribution in [2.75, 3.05) is 0 Å². The van der Waals surface area contributed by atoms with E-state index < -0.39 is 0 Å². The maximum absolute atomic E-state index is 10.2. The Kier molecular flexibility index (Phi) is 3.56. The van der Waals surface area contributed by atoms with Gasteiger partial charge in [-0.25, -0.2) is 0 Å². The van der Waals surface area contributed by atoms with Gasteiger partial charge in [0.05, 0.1) is 0 Å². The van der Waals surface area contributed by atoms with Gasteiger partial charge in [0.1, 0.15) is 11.5 Å². The summed E-state index contributed by atoms with van der Waals surface area (Å²) in [6.07, 6.45) is 0.541. The van der Waals surface area contributed by atoms with Gasteiger partial charge in [-0.1, -0.05) is 50.2 Å². The molecule has 0 atom stereocenters. The fourth-order valence-corrected chi connectivity index (χ4v) is 2.09. The first-order valence-electron chi connectivity index (χ1n) is 6.17. The lowest BCUT2D eigenvalue weighted by atomic mass is 9.95. The second-order valence-corrected chi connectivity index (χ2v) is 4.82. The van der Waals surface area contributed by atoms with Gasteiger partial charge in [0.25, 0.3) is 0 Å². The molecule has 0 fully saturated rings. The molecular formula is C16H18O2. The fourth-order valence-electron chi connectivity index (χ4n) is 2.09. The van der Waals surface area contributed by atoms with Crippen molar-refractivity contribution in [2.24, 2.45) is 0 Å². The Bertz CT molecular complexity index is 545. The first-order chi connectivity index (χ1) is 8.59. The molecule has 2 aromatic rings. The van der Waals surface area contributed by atoms with Gasteiger partial charge < -0.3 is 10.2 Å². The van der Waals surface area contributed by atoms with Crippen LogP contribution in [0.1, 0.15) is 36.5 Å². The third-order valence-corrected chi connectivity index (χ3v) is 3.15. The molecule has 2 rings (SSSR count). The molecule has 0 amide bonds. The summed E-state index contributed by atoms with van der Waals surface area (Å²) in [7, 11) is 0. The monoisotopic (exact) mass is 242 g/mol. The highest BCUT2D eigenvalue weighted by Crippen LogP contribution is 2.31. The van der Waals surface area contributed by atoms with Gasteiger partial charge in [-0.3, -0.25) is 0 Å². The third-order valence-electron chi connectivity index (χ3n) is 3.15. The summed E-state index contributed by atoms with van der Waals surface area (Å²) < 4.78 is 0. The zero-order valence-electron chi connectivity index (χ0n) is 10.7. The summed E-state index contributed by atoms with van der Waals surface area (Å²) in [6, 6.07) is 13.0. The van der Waals surface area contributed by atoms with Crippen molar-refractivity contribution in [3.63, 3.8) is 0 Å². The van der Waals surface area contributed by atoms with Crippen LogP contribution in [0.15, 0.2) is 42.5 Å². The van der Waals surface area contributed by atoms with Crippen molar-refractivity contribution in [3.05, 3.63) is 59.2 Å². The molecule has 2 heteroatoms. The van der Waals surface area contributed by atoms with E-state index in [1.165, 1.54) is 0 Å². The Morgan fingerprint density at radius 2 is 1.56 bits per heavy atom. The summed E-state index contributed by atoms with van der Waals surface area (Å²) in [6.45, 7) is 4.11. The standard InChI is InChI=1S/C16H18O2/c1-11(2)14-8-5-7-13(16(14)18)10-12-6-3-4-9-15(12)17/h3-9,11,17-18H,10H2,1-2H3. The number of phenols is 2. The number of benzene rings is 2. The van der Waals surface area contributed by atoms with Gasteiger partial charge in [-0.15, -0.1) is 0 Å². The summed E-state index contributed by atoms with van der Waals surface area (Å²) in [5.74, 6) is 0.900. The molecule has 0 aliphatic heterocycles. The quantitative estimate of drug-likeness (QED) is 0.859. The van der Waals surface area contributed by atoms with Crippen molar-refractivity contribution in [1.29, 1.82) is 0 Å². The van der Waals surface area contributed by atoms with Crippen LogP contribution >= 0.6 is 0 Å². The van der Waals surface area contributed by atoms with Crippen LogP contribution in [0.4, 0.5) is 0 Å². The Labute approximate surface area is 108 Å². The van der Waals surface area contributed by atoms with E-state index in [1.54, 1.807) is 12.1 Å². The minimum atomic E-state index is 0.270. The number of aromatic hydroxyl groups is 2.